The second kappa shape index (κ2) is 8.07. The molecular weight excluding hydrogens is 326 g/mol. The van der Waals surface area contributed by atoms with Crippen LogP contribution in [0.15, 0.2) is 18.2 Å². The molecule has 5 nitrogen and oxygen atoms in total. The van der Waals surface area contributed by atoms with E-state index in [4.69, 9.17) is 4.74 Å². The number of nitrogens with one attached hydrogen (secondary N) is 1. The largest absolute Gasteiger partial charge is 0.381 e. The van der Waals surface area contributed by atoms with Gasteiger partial charge in [0.2, 0.25) is 5.91 Å². The number of benzene rings is 1. The normalized spacial score (nSPS) is 23.5. The first kappa shape index (κ1) is 18.0. The predicted octanol–water partition coefficient (Wildman–Crippen LogP) is 1.96. The maximum absolute atomic E-state index is 12.7. The Morgan fingerprint density at radius 1 is 1.15 bits per heavy atom. The van der Waals surface area contributed by atoms with E-state index in [-0.39, 0.29) is 5.92 Å². The van der Waals surface area contributed by atoms with E-state index in [0.29, 0.717) is 11.9 Å². The van der Waals surface area contributed by atoms with Gasteiger partial charge in [-0.2, -0.15) is 0 Å². The third kappa shape index (κ3) is 3.80. The second-order valence-corrected chi connectivity index (χ2v) is 7.88. The molecule has 26 heavy (non-hydrogen) atoms. The molecule has 5 heteroatoms. The van der Waals surface area contributed by atoms with E-state index in [0.717, 1.165) is 71.7 Å². The summed E-state index contributed by atoms with van der Waals surface area (Å²) in [5, 5.41) is 3.44. The van der Waals surface area contributed by atoms with Crippen molar-refractivity contribution in [2.75, 3.05) is 45.9 Å². The fourth-order valence-electron chi connectivity index (χ4n) is 4.50. The number of carbonyl (C=O) groups excluding carboxylic acids is 1. The van der Waals surface area contributed by atoms with E-state index in [1.165, 1.54) is 16.7 Å². The van der Waals surface area contributed by atoms with Gasteiger partial charge >= 0.3 is 0 Å². The number of amides is 1. The first-order chi connectivity index (χ1) is 12.7. The SMILES string of the molecule is CC(c1ccc2c(c1)CCNC2)N1CCN(C(=O)C2CCOCC2)CC1. The van der Waals surface area contributed by atoms with Crippen LogP contribution >= 0.6 is 0 Å². The highest BCUT2D eigenvalue weighted by Crippen LogP contribution is 2.26. The summed E-state index contributed by atoms with van der Waals surface area (Å²) in [6, 6.07) is 7.39. The van der Waals surface area contributed by atoms with Gasteiger partial charge in [0.1, 0.15) is 0 Å². The average molecular weight is 357 g/mol. The topological polar surface area (TPSA) is 44.8 Å². The van der Waals surface area contributed by atoms with E-state index >= 15 is 0 Å². The summed E-state index contributed by atoms with van der Waals surface area (Å²) in [6.07, 6.45) is 2.90. The van der Waals surface area contributed by atoms with E-state index in [1.54, 1.807) is 0 Å². The van der Waals surface area contributed by atoms with Crippen LogP contribution in [0.4, 0.5) is 0 Å². The summed E-state index contributed by atoms with van der Waals surface area (Å²) in [6.45, 7) is 9.50. The highest BCUT2D eigenvalue weighted by molar-refractivity contribution is 5.79. The molecule has 0 spiro atoms. The fraction of sp³-hybridized carbons (Fsp3) is 0.667. The highest BCUT2D eigenvalue weighted by Gasteiger charge is 2.30. The van der Waals surface area contributed by atoms with Crippen LogP contribution in [0.1, 0.15) is 42.5 Å². The summed E-state index contributed by atoms with van der Waals surface area (Å²) >= 11 is 0. The van der Waals surface area contributed by atoms with Crippen LogP contribution in [0.2, 0.25) is 0 Å². The first-order valence-corrected chi connectivity index (χ1v) is 10.2. The maximum Gasteiger partial charge on any atom is 0.225 e. The van der Waals surface area contributed by atoms with E-state index < -0.39 is 0 Å². The van der Waals surface area contributed by atoms with Crippen LogP contribution < -0.4 is 5.32 Å². The molecule has 3 heterocycles. The summed E-state index contributed by atoms with van der Waals surface area (Å²) in [7, 11) is 0. The van der Waals surface area contributed by atoms with Crippen LogP contribution in [0.25, 0.3) is 0 Å². The monoisotopic (exact) mass is 357 g/mol. The average Bonchev–Trinajstić information content (AvgIpc) is 2.73. The molecule has 0 bridgehead atoms. The van der Waals surface area contributed by atoms with E-state index in [2.05, 4.69) is 40.2 Å². The molecule has 0 radical (unpaired) electrons. The van der Waals surface area contributed by atoms with Gasteiger partial charge in [-0.25, -0.2) is 0 Å². The molecule has 3 aliphatic heterocycles. The smallest absolute Gasteiger partial charge is 0.225 e. The van der Waals surface area contributed by atoms with Crippen LogP contribution in [-0.4, -0.2) is 61.6 Å². The molecule has 0 aromatic heterocycles. The van der Waals surface area contributed by atoms with Crippen molar-refractivity contribution in [1.29, 1.82) is 0 Å². The standard InChI is InChI=1S/C21H31N3O2/c1-16(18-2-3-20-15-22-7-4-19(20)14-18)23-8-10-24(11-9-23)21(25)17-5-12-26-13-6-17/h2-3,14,16-17,22H,4-13,15H2,1H3. The van der Waals surface area contributed by atoms with Crippen LogP contribution in [-0.2, 0) is 22.5 Å². The summed E-state index contributed by atoms with van der Waals surface area (Å²) in [4.78, 5) is 17.3. The summed E-state index contributed by atoms with van der Waals surface area (Å²) in [5.41, 5.74) is 4.36. The van der Waals surface area contributed by atoms with Crippen molar-refractivity contribution in [3.8, 4) is 0 Å². The van der Waals surface area contributed by atoms with Gasteiger partial charge in [-0.05, 0) is 49.4 Å². The lowest BCUT2D eigenvalue weighted by atomic mass is 9.95. The van der Waals surface area contributed by atoms with E-state index in [9.17, 15) is 4.79 Å². The Bertz CT molecular complexity index is 634. The summed E-state index contributed by atoms with van der Waals surface area (Å²) in [5.74, 6) is 0.531. The third-order valence-corrected chi connectivity index (χ3v) is 6.34. The van der Waals surface area contributed by atoms with Crippen molar-refractivity contribution in [3.63, 3.8) is 0 Å². The highest BCUT2D eigenvalue weighted by atomic mass is 16.5. The molecule has 3 aliphatic rings. The quantitative estimate of drug-likeness (QED) is 0.898. The Labute approximate surface area is 156 Å². The molecular formula is C21H31N3O2. The first-order valence-electron chi connectivity index (χ1n) is 10.2. The Hall–Kier alpha value is -1.43. The van der Waals surface area contributed by atoms with Gasteiger partial charge in [0.15, 0.2) is 0 Å². The molecule has 1 N–H and O–H groups in total. The lowest BCUT2D eigenvalue weighted by molar-refractivity contribution is -0.140. The Balaban J connectivity index is 1.34. The zero-order valence-corrected chi connectivity index (χ0v) is 15.9. The second-order valence-electron chi connectivity index (χ2n) is 7.88. The summed E-state index contributed by atoms with van der Waals surface area (Å²) < 4.78 is 5.39. The number of nitrogens with zero attached hydrogens (tertiary/aromatic N) is 2. The number of hydrogen-bond acceptors (Lipinski definition) is 4. The molecule has 2 fully saturated rings. The Morgan fingerprint density at radius 2 is 1.92 bits per heavy atom. The molecule has 1 amide bonds. The third-order valence-electron chi connectivity index (χ3n) is 6.34. The van der Waals surface area contributed by atoms with Crippen molar-refractivity contribution < 1.29 is 9.53 Å². The molecule has 1 unspecified atom stereocenters. The number of fused-ring (bicyclic) bond motifs is 1. The van der Waals surface area contributed by atoms with Gasteiger partial charge in [0, 0.05) is 57.9 Å². The number of rotatable bonds is 3. The predicted molar refractivity (Wildman–Crippen MR) is 102 cm³/mol. The van der Waals surface area contributed by atoms with Gasteiger partial charge in [-0.3, -0.25) is 9.69 Å². The molecule has 142 valence electrons. The lowest BCUT2D eigenvalue weighted by Crippen LogP contribution is -2.51. The van der Waals surface area contributed by atoms with Gasteiger partial charge < -0.3 is 15.0 Å². The Kier molecular flexibility index (Phi) is 5.57. The number of hydrogen-bond donors (Lipinski definition) is 1. The molecule has 4 rings (SSSR count). The fourth-order valence-corrected chi connectivity index (χ4v) is 4.50. The van der Waals surface area contributed by atoms with Crippen molar-refractivity contribution in [1.82, 2.24) is 15.1 Å². The molecule has 0 aliphatic carbocycles. The zero-order valence-electron chi connectivity index (χ0n) is 15.9. The minimum atomic E-state index is 0.182. The molecule has 0 saturated carbocycles. The van der Waals surface area contributed by atoms with Crippen molar-refractivity contribution >= 4 is 5.91 Å². The van der Waals surface area contributed by atoms with Crippen LogP contribution in [0.5, 0.6) is 0 Å². The van der Waals surface area contributed by atoms with Crippen molar-refractivity contribution in [2.45, 2.75) is 38.8 Å². The zero-order chi connectivity index (χ0) is 17.9. The molecule has 1 aromatic rings. The maximum atomic E-state index is 12.7. The number of ether oxygens (including phenoxy) is 1. The number of carbonyl (C=O) groups is 1. The van der Waals surface area contributed by atoms with E-state index in [1.807, 2.05) is 0 Å². The van der Waals surface area contributed by atoms with Crippen LogP contribution in [0, 0.1) is 5.92 Å². The van der Waals surface area contributed by atoms with Gasteiger partial charge in [-0.15, -0.1) is 0 Å². The van der Waals surface area contributed by atoms with Gasteiger partial charge in [0.25, 0.3) is 0 Å². The minimum absolute atomic E-state index is 0.182. The molecule has 1 atom stereocenters. The van der Waals surface area contributed by atoms with Crippen LogP contribution in [0.3, 0.4) is 0 Å². The Morgan fingerprint density at radius 3 is 2.69 bits per heavy atom. The van der Waals surface area contributed by atoms with Gasteiger partial charge in [0.05, 0.1) is 0 Å². The lowest BCUT2D eigenvalue weighted by Gasteiger charge is -2.40. The minimum Gasteiger partial charge on any atom is -0.381 e. The number of piperazine rings is 1. The molecule has 1 aromatic carbocycles. The molecule has 2 saturated heterocycles. The van der Waals surface area contributed by atoms with Crippen molar-refractivity contribution in [2.24, 2.45) is 5.92 Å². The van der Waals surface area contributed by atoms with Crippen molar-refractivity contribution in [3.05, 3.63) is 34.9 Å². The van der Waals surface area contributed by atoms with Gasteiger partial charge in [-0.1, -0.05) is 18.2 Å².